The second-order valence-electron chi connectivity index (χ2n) is 3.83. The highest BCUT2D eigenvalue weighted by molar-refractivity contribution is 7.90. The van der Waals surface area contributed by atoms with Gasteiger partial charge in [0.05, 0.1) is 18.1 Å². The van der Waals surface area contributed by atoms with Crippen LogP contribution in [0.25, 0.3) is 0 Å². The van der Waals surface area contributed by atoms with Crippen LogP contribution in [0.15, 0.2) is 24.3 Å². The minimum absolute atomic E-state index is 0.191. The van der Waals surface area contributed by atoms with Crippen molar-refractivity contribution in [2.75, 3.05) is 12.4 Å². The van der Waals surface area contributed by atoms with Crippen molar-refractivity contribution in [1.29, 1.82) is 0 Å². The minimum Gasteiger partial charge on any atom is -0.264 e. The smallest absolute Gasteiger partial charge is 0.264 e. The summed E-state index contributed by atoms with van der Waals surface area (Å²) in [6.45, 7) is 1.25. The van der Waals surface area contributed by atoms with E-state index in [1.165, 1.54) is 0 Å². The Morgan fingerprint density at radius 2 is 1.89 bits per heavy atom. The molecule has 0 aliphatic rings. The molecule has 0 aliphatic heterocycles. The van der Waals surface area contributed by atoms with Gasteiger partial charge in [0.25, 0.3) is 0 Å². The van der Waals surface area contributed by atoms with Gasteiger partial charge >= 0.3 is 10.4 Å². The molecule has 0 fully saturated rings. The average molecular weight is 294 g/mol. The predicted octanol–water partition coefficient (Wildman–Crippen LogP) is 0.729. The van der Waals surface area contributed by atoms with E-state index in [4.69, 9.17) is 4.55 Å². The van der Waals surface area contributed by atoms with Gasteiger partial charge in [-0.1, -0.05) is 29.8 Å². The lowest BCUT2D eigenvalue weighted by Gasteiger charge is -2.05. The number of aryl methyl sites for hydroxylation is 1. The molecule has 102 valence electrons. The molecule has 6 nitrogen and oxygen atoms in total. The lowest BCUT2D eigenvalue weighted by Crippen LogP contribution is -2.16. The molecule has 0 aromatic heterocycles. The molecular weight excluding hydrogens is 280 g/mol. The molecule has 0 bridgehead atoms. The first-order valence-electron chi connectivity index (χ1n) is 5.06. The number of benzene rings is 1. The molecule has 1 N–H and O–H groups in total. The fraction of sp³-hybridized carbons (Fsp3) is 0.400. The Morgan fingerprint density at radius 1 is 1.22 bits per heavy atom. The summed E-state index contributed by atoms with van der Waals surface area (Å²) in [4.78, 5) is 0. The third-order valence-electron chi connectivity index (χ3n) is 2.10. The fourth-order valence-corrected chi connectivity index (χ4v) is 2.96. The highest BCUT2D eigenvalue weighted by Gasteiger charge is 2.14. The maximum Gasteiger partial charge on any atom is 0.397 e. The summed E-state index contributed by atoms with van der Waals surface area (Å²) in [5.41, 5.74) is 1.57. The first-order valence-corrected chi connectivity index (χ1v) is 8.24. The van der Waals surface area contributed by atoms with Crippen LogP contribution in [-0.4, -0.2) is 33.7 Å². The van der Waals surface area contributed by atoms with Crippen LogP contribution in [0.1, 0.15) is 11.1 Å². The molecule has 8 heteroatoms. The largest absolute Gasteiger partial charge is 0.397 e. The molecular formula is C10H14O6S2. The van der Waals surface area contributed by atoms with Crippen LogP contribution >= 0.6 is 0 Å². The Hall–Kier alpha value is -0.960. The molecule has 0 aliphatic carbocycles. The Morgan fingerprint density at radius 3 is 2.44 bits per heavy atom. The van der Waals surface area contributed by atoms with E-state index in [-0.39, 0.29) is 5.75 Å². The van der Waals surface area contributed by atoms with E-state index in [2.05, 4.69) is 4.18 Å². The van der Waals surface area contributed by atoms with E-state index in [1.54, 1.807) is 18.2 Å². The molecule has 0 radical (unpaired) electrons. The van der Waals surface area contributed by atoms with Crippen LogP contribution in [-0.2, 0) is 30.2 Å². The van der Waals surface area contributed by atoms with E-state index in [1.807, 2.05) is 13.0 Å². The molecule has 0 saturated heterocycles. The SMILES string of the molecule is Cc1cccc(CS(=O)(=O)CCOS(=O)(=O)O)c1. The van der Waals surface area contributed by atoms with Gasteiger partial charge in [-0.05, 0) is 12.5 Å². The zero-order valence-corrected chi connectivity index (χ0v) is 11.4. The zero-order chi connectivity index (χ0) is 13.8. The third-order valence-corrected chi connectivity index (χ3v) is 4.12. The molecule has 0 spiro atoms. The summed E-state index contributed by atoms with van der Waals surface area (Å²) in [5.74, 6) is -0.662. The van der Waals surface area contributed by atoms with Gasteiger partial charge < -0.3 is 0 Å². The second-order valence-corrected chi connectivity index (χ2v) is 7.11. The summed E-state index contributed by atoms with van der Waals surface area (Å²) in [7, 11) is -8.06. The molecule has 0 amide bonds. The molecule has 0 atom stereocenters. The van der Waals surface area contributed by atoms with E-state index in [0.717, 1.165) is 5.56 Å². The van der Waals surface area contributed by atoms with Gasteiger partial charge in [-0.25, -0.2) is 12.6 Å². The normalized spacial score (nSPS) is 12.6. The lowest BCUT2D eigenvalue weighted by atomic mass is 10.2. The lowest BCUT2D eigenvalue weighted by molar-refractivity contribution is 0.284. The molecule has 1 aromatic rings. The van der Waals surface area contributed by atoms with Crippen molar-refractivity contribution in [3.8, 4) is 0 Å². The summed E-state index contributed by atoms with van der Waals surface area (Å²) in [6.07, 6.45) is 0. The second kappa shape index (κ2) is 5.79. The van der Waals surface area contributed by atoms with Crippen LogP contribution < -0.4 is 0 Å². The van der Waals surface area contributed by atoms with Crippen molar-refractivity contribution in [2.24, 2.45) is 0 Å². The highest BCUT2D eigenvalue weighted by atomic mass is 32.3. The monoisotopic (exact) mass is 294 g/mol. The van der Waals surface area contributed by atoms with Crippen molar-refractivity contribution >= 4 is 20.2 Å². The van der Waals surface area contributed by atoms with Crippen LogP contribution in [0.3, 0.4) is 0 Å². The predicted molar refractivity (Wildman–Crippen MR) is 66.2 cm³/mol. The van der Waals surface area contributed by atoms with Gasteiger partial charge in [0, 0.05) is 0 Å². The third kappa shape index (κ3) is 6.10. The molecule has 1 aromatic carbocycles. The van der Waals surface area contributed by atoms with Gasteiger partial charge in [-0.2, -0.15) is 8.42 Å². The topological polar surface area (TPSA) is 97.7 Å². The van der Waals surface area contributed by atoms with E-state index in [9.17, 15) is 16.8 Å². The Labute approximate surface area is 106 Å². The average Bonchev–Trinajstić information content (AvgIpc) is 2.13. The number of hydrogen-bond acceptors (Lipinski definition) is 5. The highest BCUT2D eigenvalue weighted by Crippen LogP contribution is 2.09. The molecule has 18 heavy (non-hydrogen) atoms. The van der Waals surface area contributed by atoms with Crippen molar-refractivity contribution < 1.29 is 25.6 Å². The van der Waals surface area contributed by atoms with Crippen LogP contribution in [0.2, 0.25) is 0 Å². The fourth-order valence-electron chi connectivity index (χ4n) is 1.39. The van der Waals surface area contributed by atoms with Gasteiger partial charge in [0.2, 0.25) is 0 Å². The molecule has 0 heterocycles. The van der Waals surface area contributed by atoms with Crippen LogP contribution in [0, 0.1) is 6.92 Å². The Bertz CT molecular complexity index is 603. The number of rotatable bonds is 6. The van der Waals surface area contributed by atoms with Crippen molar-refractivity contribution in [3.63, 3.8) is 0 Å². The van der Waals surface area contributed by atoms with Crippen LogP contribution in [0.4, 0.5) is 0 Å². The van der Waals surface area contributed by atoms with Gasteiger partial charge in [-0.15, -0.1) is 0 Å². The van der Waals surface area contributed by atoms with E-state index >= 15 is 0 Å². The summed E-state index contributed by atoms with van der Waals surface area (Å²) >= 11 is 0. The number of hydrogen-bond donors (Lipinski definition) is 1. The Balaban J connectivity index is 2.60. The standard InChI is InChI=1S/C10H14O6S2/c1-9-3-2-4-10(7-9)8-17(11,12)6-5-16-18(13,14)15/h2-4,7H,5-6,8H2,1H3,(H,13,14,15). The first-order chi connectivity index (χ1) is 8.18. The molecule has 1 rings (SSSR count). The molecule has 0 saturated carbocycles. The maximum absolute atomic E-state index is 11.6. The summed E-state index contributed by atoms with van der Waals surface area (Å²) in [5, 5.41) is 0. The van der Waals surface area contributed by atoms with E-state index < -0.39 is 32.6 Å². The van der Waals surface area contributed by atoms with Crippen LogP contribution in [0.5, 0.6) is 0 Å². The van der Waals surface area contributed by atoms with Gasteiger partial charge in [0.15, 0.2) is 9.84 Å². The van der Waals surface area contributed by atoms with Crippen molar-refractivity contribution in [1.82, 2.24) is 0 Å². The minimum atomic E-state index is -4.59. The van der Waals surface area contributed by atoms with Gasteiger partial charge in [0.1, 0.15) is 0 Å². The quantitative estimate of drug-likeness (QED) is 0.777. The first kappa shape index (κ1) is 15.1. The summed E-state index contributed by atoms with van der Waals surface area (Å²) < 4.78 is 56.1. The van der Waals surface area contributed by atoms with Crippen molar-refractivity contribution in [2.45, 2.75) is 12.7 Å². The Kier molecular flexibility index (Phi) is 4.85. The molecule has 0 unspecified atom stereocenters. The van der Waals surface area contributed by atoms with Crippen molar-refractivity contribution in [3.05, 3.63) is 35.4 Å². The van der Waals surface area contributed by atoms with E-state index in [0.29, 0.717) is 5.56 Å². The maximum atomic E-state index is 11.6. The number of sulfone groups is 1. The zero-order valence-electron chi connectivity index (χ0n) is 9.74. The van der Waals surface area contributed by atoms with Gasteiger partial charge in [-0.3, -0.25) is 4.55 Å². The summed E-state index contributed by atoms with van der Waals surface area (Å²) in [6, 6.07) is 7.00.